The van der Waals surface area contributed by atoms with E-state index in [0.29, 0.717) is 0 Å². The SMILES string of the molecule is Cc1csc(COCc2cccs2)c1. The van der Waals surface area contributed by atoms with Crippen LogP contribution in [0.3, 0.4) is 0 Å². The maximum absolute atomic E-state index is 5.60. The van der Waals surface area contributed by atoms with E-state index in [9.17, 15) is 0 Å². The molecule has 2 aromatic rings. The fraction of sp³-hybridized carbons (Fsp3) is 0.273. The Morgan fingerprint density at radius 1 is 1.21 bits per heavy atom. The number of hydrogen-bond donors (Lipinski definition) is 0. The van der Waals surface area contributed by atoms with Gasteiger partial charge in [-0.15, -0.1) is 22.7 Å². The van der Waals surface area contributed by atoms with Crippen LogP contribution in [0.25, 0.3) is 0 Å². The van der Waals surface area contributed by atoms with Gasteiger partial charge in [0.15, 0.2) is 0 Å². The van der Waals surface area contributed by atoms with Crippen LogP contribution in [0.2, 0.25) is 0 Å². The van der Waals surface area contributed by atoms with Crippen molar-refractivity contribution in [1.82, 2.24) is 0 Å². The van der Waals surface area contributed by atoms with Gasteiger partial charge in [-0.1, -0.05) is 6.07 Å². The molecule has 0 aliphatic heterocycles. The second-order valence-electron chi connectivity index (χ2n) is 3.16. The minimum absolute atomic E-state index is 0.731. The molecule has 0 spiro atoms. The molecule has 0 unspecified atom stereocenters. The second-order valence-corrected chi connectivity index (χ2v) is 5.19. The van der Waals surface area contributed by atoms with Crippen molar-refractivity contribution in [3.63, 3.8) is 0 Å². The first kappa shape index (κ1) is 9.90. The third kappa shape index (κ3) is 2.67. The highest BCUT2D eigenvalue weighted by Gasteiger charge is 1.97. The predicted octanol–water partition coefficient (Wildman–Crippen LogP) is 3.83. The van der Waals surface area contributed by atoms with E-state index in [1.807, 2.05) is 0 Å². The molecule has 0 bridgehead atoms. The molecule has 0 saturated carbocycles. The van der Waals surface area contributed by atoms with Gasteiger partial charge in [0.25, 0.3) is 0 Å². The molecular formula is C11H12OS2. The van der Waals surface area contributed by atoms with Crippen molar-refractivity contribution in [3.8, 4) is 0 Å². The number of ether oxygens (including phenoxy) is 1. The van der Waals surface area contributed by atoms with E-state index in [2.05, 4.69) is 35.9 Å². The number of rotatable bonds is 4. The maximum Gasteiger partial charge on any atom is 0.0814 e. The van der Waals surface area contributed by atoms with Crippen molar-refractivity contribution < 1.29 is 4.74 Å². The summed E-state index contributed by atoms with van der Waals surface area (Å²) >= 11 is 3.51. The normalized spacial score (nSPS) is 10.6. The van der Waals surface area contributed by atoms with Crippen LogP contribution >= 0.6 is 22.7 Å². The first-order chi connectivity index (χ1) is 6.84. The molecule has 0 aromatic carbocycles. The summed E-state index contributed by atoms with van der Waals surface area (Å²) in [6.45, 7) is 3.57. The molecule has 2 heterocycles. The molecule has 0 N–H and O–H groups in total. The van der Waals surface area contributed by atoms with Crippen LogP contribution in [0.4, 0.5) is 0 Å². The quantitative estimate of drug-likeness (QED) is 0.767. The van der Waals surface area contributed by atoms with E-state index in [0.717, 1.165) is 13.2 Å². The van der Waals surface area contributed by atoms with Crippen molar-refractivity contribution >= 4 is 22.7 Å². The molecule has 74 valence electrons. The molecule has 3 heteroatoms. The molecule has 0 amide bonds. The Kier molecular flexibility index (Phi) is 3.35. The number of thiophene rings is 2. The van der Waals surface area contributed by atoms with Crippen LogP contribution in [0.5, 0.6) is 0 Å². The zero-order valence-electron chi connectivity index (χ0n) is 8.03. The van der Waals surface area contributed by atoms with Gasteiger partial charge in [-0.05, 0) is 35.4 Å². The summed E-state index contributed by atoms with van der Waals surface area (Å²) in [7, 11) is 0. The lowest BCUT2D eigenvalue weighted by atomic mass is 10.3. The Balaban J connectivity index is 1.78. The summed E-state index contributed by atoms with van der Waals surface area (Å²) in [5.74, 6) is 0. The van der Waals surface area contributed by atoms with Gasteiger partial charge in [0.2, 0.25) is 0 Å². The van der Waals surface area contributed by atoms with E-state index in [1.165, 1.54) is 15.3 Å². The largest absolute Gasteiger partial charge is 0.370 e. The van der Waals surface area contributed by atoms with E-state index in [4.69, 9.17) is 4.74 Å². The molecule has 2 rings (SSSR count). The molecule has 1 nitrogen and oxygen atoms in total. The van der Waals surface area contributed by atoms with Crippen molar-refractivity contribution in [2.24, 2.45) is 0 Å². The van der Waals surface area contributed by atoms with Crippen molar-refractivity contribution in [2.75, 3.05) is 0 Å². The third-order valence-corrected chi connectivity index (χ3v) is 3.73. The van der Waals surface area contributed by atoms with Crippen molar-refractivity contribution in [1.29, 1.82) is 0 Å². The summed E-state index contributed by atoms with van der Waals surface area (Å²) in [6.07, 6.45) is 0. The van der Waals surface area contributed by atoms with Crippen molar-refractivity contribution in [2.45, 2.75) is 20.1 Å². The molecular weight excluding hydrogens is 212 g/mol. The Hall–Kier alpha value is -0.640. The highest BCUT2D eigenvalue weighted by molar-refractivity contribution is 7.10. The smallest absolute Gasteiger partial charge is 0.0814 e. The topological polar surface area (TPSA) is 9.23 Å². The number of aryl methyl sites for hydroxylation is 1. The first-order valence-corrected chi connectivity index (χ1v) is 6.24. The summed E-state index contributed by atoms with van der Waals surface area (Å²) in [4.78, 5) is 2.59. The zero-order valence-corrected chi connectivity index (χ0v) is 9.66. The van der Waals surface area contributed by atoms with Crippen LogP contribution in [0, 0.1) is 6.92 Å². The highest BCUT2D eigenvalue weighted by atomic mass is 32.1. The van der Waals surface area contributed by atoms with Gasteiger partial charge in [-0.2, -0.15) is 0 Å². The molecule has 0 aliphatic carbocycles. The Morgan fingerprint density at radius 3 is 2.71 bits per heavy atom. The van der Waals surface area contributed by atoms with Crippen LogP contribution in [0.1, 0.15) is 15.3 Å². The molecule has 0 fully saturated rings. The van der Waals surface area contributed by atoms with Crippen LogP contribution < -0.4 is 0 Å². The first-order valence-electron chi connectivity index (χ1n) is 4.49. The third-order valence-electron chi connectivity index (χ3n) is 1.85. The van der Waals surface area contributed by atoms with Gasteiger partial charge >= 0.3 is 0 Å². The average Bonchev–Trinajstić information content (AvgIpc) is 2.77. The maximum atomic E-state index is 5.60. The van der Waals surface area contributed by atoms with E-state index in [1.54, 1.807) is 22.7 Å². The molecule has 14 heavy (non-hydrogen) atoms. The lowest BCUT2D eigenvalue weighted by molar-refractivity contribution is 0.111. The van der Waals surface area contributed by atoms with Crippen LogP contribution in [-0.4, -0.2) is 0 Å². The number of hydrogen-bond acceptors (Lipinski definition) is 3. The van der Waals surface area contributed by atoms with Gasteiger partial charge in [-0.25, -0.2) is 0 Å². The Bertz CT molecular complexity index is 376. The highest BCUT2D eigenvalue weighted by Crippen LogP contribution is 2.16. The summed E-state index contributed by atoms with van der Waals surface area (Å²) in [5.41, 5.74) is 1.32. The standard InChI is InChI=1S/C11H12OS2/c1-9-5-11(14-8-9)7-12-6-10-3-2-4-13-10/h2-5,8H,6-7H2,1H3. The second kappa shape index (κ2) is 4.73. The average molecular weight is 224 g/mol. The van der Waals surface area contributed by atoms with Gasteiger partial charge in [-0.3, -0.25) is 0 Å². The fourth-order valence-electron chi connectivity index (χ4n) is 1.21. The minimum atomic E-state index is 0.731. The molecule has 0 radical (unpaired) electrons. The monoisotopic (exact) mass is 224 g/mol. The zero-order chi connectivity index (χ0) is 9.80. The Morgan fingerprint density at radius 2 is 2.07 bits per heavy atom. The molecule has 2 aromatic heterocycles. The van der Waals surface area contributed by atoms with E-state index < -0.39 is 0 Å². The molecule has 0 aliphatic rings. The van der Waals surface area contributed by atoms with Gasteiger partial charge in [0, 0.05) is 9.75 Å². The van der Waals surface area contributed by atoms with E-state index in [-0.39, 0.29) is 0 Å². The van der Waals surface area contributed by atoms with E-state index >= 15 is 0 Å². The minimum Gasteiger partial charge on any atom is -0.370 e. The van der Waals surface area contributed by atoms with Gasteiger partial charge < -0.3 is 4.74 Å². The molecule has 0 saturated heterocycles. The Labute approximate surface area is 92.0 Å². The van der Waals surface area contributed by atoms with Crippen LogP contribution in [-0.2, 0) is 18.0 Å². The lowest BCUT2D eigenvalue weighted by Crippen LogP contribution is -1.89. The summed E-state index contributed by atoms with van der Waals surface area (Å²) in [6, 6.07) is 6.34. The predicted molar refractivity (Wildman–Crippen MR) is 61.9 cm³/mol. The van der Waals surface area contributed by atoms with Crippen molar-refractivity contribution in [3.05, 3.63) is 44.3 Å². The van der Waals surface area contributed by atoms with Gasteiger partial charge in [0.05, 0.1) is 13.2 Å². The molecule has 0 atom stereocenters. The fourth-order valence-corrected chi connectivity index (χ4v) is 2.66. The van der Waals surface area contributed by atoms with Gasteiger partial charge in [0.1, 0.15) is 0 Å². The van der Waals surface area contributed by atoms with Crippen LogP contribution in [0.15, 0.2) is 29.0 Å². The summed E-state index contributed by atoms with van der Waals surface area (Å²) in [5, 5.41) is 4.23. The summed E-state index contributed by atoms with van der Waals surface area (Å²) < 4.78 is 5.60. The lowest BCUT2D eigenvalue weighted by Gasteiger charge is -1.99.